The number of esters is 1. The highest BCUT2D eigenvalue weighted by atomic mass is 16.7. The van der Waals surface area contributed by atoms with Crippen LogP contribution in [0.15, 0.2) is 0 Å². The minimum absolute atomic E-state index is 0.727. The Labute approximate surface area is 96.7 Å². The van der Waals surface area contributed by atoms with Crippen molar-refractivity contribution in [3.8, 4) is 0 Å². The Morgan fingerprint density at radius 1 is 1.24 bits per heavy atom. The molecule has 17 heavy (non-hydrogen) atoms. The van der Waals surface area contributed by atoms with Gasteiger partial charge in [-0.15, -0.1) is 0 Å². The zero-order valence-electron chi connectivity index (χ0n) is 9.27. The molecule has 3 N–H and O–H groups in total. The molecular formula is C9H14O8. The first-order chi connectivity index (χ1) is 7.88. The predicted octanol–water partition coefficient (Wildman–Crippen LogP) is -1.90. The number of aliphatic hydroxyl groups excluding tert-OH is 2. The molecule has 5 atom stereocenters. The van der Waals surface area contributed by atoms with E-state index in [1.165, 1.54) is 7.11 Å². The van der Waals surface area contributed by atoms with Crippen LogP contribution in [0.25, 0.3) is 0 Å². The first-order valence-electron chi connectivity index (χ1n) is 4.83. The van der Waals surface area contributed by atoms with Gasteiger partial charge >= 0.3 is 11.9 Å². The standard InChI is InChI=1S/C9H14O8/c1-3(10)16-5-4(11)9(14)17-7(8(12)13)6(5)15-2/h4-7,9,11,14H,1-2H3,(H,12,13)/t4?,5-,6-,7?,9+/m0/s1. The molecule has 1 aliphatic rings. The third kappa shape index (κ3) is 2.91. The van der Waals surface area contributed by atoms with Gasteiger partial charge in [0.05, 0.1) is 0 Å². The smallest absolute Gasteiger partial charge is 0.335 e. The Balaban J connectivity index is 2.94. The van der Waals surface area contributed by atoms with E-state index in [0.717, 1.165) is 6.92 Å². The number of carbonyl (C=O) groups excluding carboxylic acids is 1. The van der Waals surface area contributed by atoms with E-state index in [-0.39, 0.29) is 0 Å². The number of aliphatic carboxylic acids is 1. The number of aliphatic hydroxyl groups is 2. The summed E-state index contributed by atoms with van der Waals surface area (Å²) < 4.78 is 14.2. The number of methoxy groups -OCH3 is 1. The molecule has 8 nitrogen and oxygen atoms in total. The third-order valence-electron chi connectivity index (χ3n) is 2.35. The Kier molecular flexibility index (Phi) is 4.40. The first-order valence-corrected chi connectivity index (χ1v) is 4.83. The monoisotopic (exact) mass is 250 g/mol. The van der Waals surface area contributed by atoms with Crippen LogP contribution in [-0.4, -0.2) is 65.1 Å². The van der Waals surface area contributed by atoms with Crippen molar-refractivity contribution in [2.45, 2.75) is 37.6 Å². The largest absolute Gasteiger partial charge is 0.479 e. The highest BCUT2D eigenvalue weighted by molar-refractivity contribution is 5.73. The van der Waals surface area contributed by atoms with Gasteiger partial charge in [0.1, 0.15) is 12.2 Å². The second kappa shape index (κ2) is 5.41. The van der Waals surface area contributed by atoms with Gasteiger partial charge < -0.3 is 29.5 Å². The van der Waals surface area contributed by atoms with Gasteiger partial charge in [-0.3, -0.25) is 4.79 Å². The maximum absolute atomic E-state index is 10.9. The van der Waals surface area contributed by atoms with Crippen LogP contribution in [0.5, 0.6) is 0 Å². The van der Waals surface area contributed by atoms with Crippen molar-refractivity contribution >= 4 is 11.9 Å². The Hall–Kier alpha value is -1.22. The number of hydrogen-bond donors (Lipinski definition) is 3. The summed E-state index contributed by atoms with van der Waals surface area (Å²) in [6.45, 7) is 1.09. The van der Waals surface area contributed by atoms with Gasteiger partial charge in [-0.2, -0.15) is 0 Å². The molecule has 0 bridgehead atoms. The van der Waals surface area contributed by atoms with Gasteiger partial charge in [0, 0.05) is 14.0 Å². The molecule has 1 aliphatic heterocycles. The maximum Gasteiger partial charge on any atom is 0.335 e. The van der Waals surface area contributed by atoms with Crippen LogP contribution in [0.2, 0.25) is 0 Å². The SMILES string of the molecule is CO[C@@H]1C(C(=O)O)O[C@@H](O)C(O)[C@@H]1OC(C)=O. The van der Waals surface area contributed by atoms with Crippen molar-refractivity contribution in [3.63, 3.8) is 0 Å². The second-order valence-corrected chi connectivity index (χ2v) is 3.55. The summed E-state index contributed by atoms with van der Waals surface area (Å²) in [7, 11) is 1.19. The van der Waals surface area contributed by atoms with Crippen LogP contribution in [0.3, 0.4) is 0 Å². The van der Waals surface area contributed by atoms with Crippen molar-refractivity contribution in [1.82, 2.24) is 0 Å². The van der Waals surface area contributed by atoms with Crippen LogP contribution >= 0.6 is 0 Å². The average Bonchev–Trinajstić information content (AvgIpc) is 2.23. The zero-order valence-corrected chi connectivity index (χ0v) is 9.27. The number of carboxylic acid groups (broad SMARTS) is 1. The van der Waals surface area contributed by atoms with Crippen LogP contribution in [0.1, 0.15) is 6.92 Å². The van der Waals surface area contributed by atoms with E-state index in [2.05, 4.69) is 4.74 Å². The maximum atomic E-state index is 10.9. The number of carbonyl (C=O) groups is 2. The highest BCUT2D eigenvalue weighted by Gasteiger charge is 2.50. The molecule has 98 valence electrons. The normalized spacial score (nSPS) is 37.5. The van der Waals surface area contributed by atoms with E-state index in [1.54, 1.807) is 0 Å². The molecule has 1 heterocycles. The van der Waals surface area contributed by atoms with Crippen LogP contribution < -0.4 is 0 Å². The molecule has 0 amide bonds. The van der Waals surface area contributed by atoms with Crippen LogP contribution in [-0.2, 0) is 23.8 Å². The van der Waals surface area contributed by atoms with Gasteiger partial charge in [0.2, 0.25) is 0 Å². The fourth-order valence-electron chi connectivity index (χ4n) is 1.62. The zero-order chi connectivity index (χ0) is 13.2. The molecular weight excluding hydrogens is 236 g/mol. The molecule has 8 heteroatoms. The Morgan fingerprint density at radius 2 is 1.82 bits per heavy atom. The molecule has 0 aromatic carbocycles. The molecule has 1 saturated heterocycles. The molecule has 0 aromatic rings. The topological polar surface area (TPSA) is 123 Å². The van der Waals surface area contributed by atoms with E-state index in [4.69, 9.17) is 14.6 Å². The fourth-order valence-corrected chi connectivity index (χ4v) is 1.62. The predicted molar refractivity (Wildman–Crippen MR) is 50.9 cm³/mol. The number of carboxylic acids is 1. The molecule has 0 aromatic heterocycles. The van der Waals surface area contributed by atoms with Crippen molar-refractivity contribution in [2.24, 2.45) is 0 Å². The Morgan fingerprint density at radius 3 is 2.24 bits per heavy atom. The van der Waals surface area contributed by atoms with Gasteiger partial charge in [-0.1, -0.05) is 0 Å². The lowest BCUT2D eigenvalue weighted by Crippen LogP contribution is -2.61. The molecule has 0 spiro atoms. The van der Waals surface area contributed by atoms with Crippen molar-refractivity contribution in [2.75, 3.05) is 7.11 Å². The molecule has 2 unspecified atom stereocenters. The first kappa shape index (κ1) is 13.8. The summed E-state index contributed by atoms with van der Waals surface area (Å²) in [5.41, 5.74) is 0. The van der Waals surface area contributed by atoms with E-state index in [1.807, 2.05) is 0 Å². The lowest BCUT2D eigenvalue weighted by atomic mass is 9.98. The van der Waals surface area contributed by atoms with Crippen LogP contribution in [0, 0.1) is 0 Å². The highest BCUT2D eigenvalue weighted by Crippen LogP contribution is 2.24. The van der Waals surface area contributed by atoms with E-state index in [0.29, 0.717) is 0 Å². The summed E-state index contributed by atoms with van der Waals surface area (Å²) in [6.07, 6.45) is -7.36. The summed E-state index contributed by atoms with van der Waals surface area (Å²) >= 11 is 0. The fraction of sp³-hybridized carbons (Fsp3) is 0.778. The molecule has 0 aliphatic carbocycles. The Bertz CT molecular complexity index is 303. The quantitative estimate of drug-likeness (QED) is 0.496. The van der Waals surface area contributed by atoms with Gasteiger partial charge in [0.15, 0.2) is 18.5 Å². The van der Waals surface area contributed by atoms with Gasteiger partial charge in [-0.25, -0.2) is 4.79 Å². The summed E-state index contributed by atoms with van der Waals surface area (Å²) in [6, 6.07) is 0. The molecule has 0 radical (unpaired) electrons. The summed E-state index contributed by atoms with van der Waals surface area (Å²) in [4.78, 5) is 21.7. The minimum Gasteiger partial charge on any atom is -0.479 e. The van der Waals surface area contributed by atoms with Gasteiger partial charge in [-0.05, 0) is 0 Å². The lowest BCUT2D eigenvalue weighted by molar-refractivity contribution is -0.286. The number of rotatable bonds is 3. The van der Waals surface area contributed by atoms with Crippen molar-refractivity contribution in [1.29, 1.82) is 0 Å². The van der Waals surface area contributed by atoms with Crippen molar-refractivity contribution < 1.29 is 39.1 Å². The van der Waals surface area contributed by atoms with E-state index in [9.17, 15) is 19.8 Å². The average molecular weight is 250 g/mol. The number of hydrogen-bond acceptors (Lipinski definition) is 7. The van der Waals surface area contributed by atoms with Crippen molar-refractivity contribution in [3.05, 3.63) is 0 Å². The lowest BCUT2D eigenvalue weighted by Gasteiger charge is -2.39. The summed E-state index contributed by atoms with van der Waals surface area (Å²) in [5, 5.41) is 27.7. The van der Waals surface area contributed by atoms with E-state index < -0.39 is 42.6 Å². The number of ether oxygens (including phenoxy) is 3. The molecule has 1 rings (SSSR count). The van der Waals surface area contributed by atoms with E-state index >= 15 is 0 Å². The second-order valence-electron chi connectivity index (χ2n) is 3.55. The summed E-state index contributed by atoms with van der Waals surface area (Å²) in [5.74, 6) is -2.12. The third-order valence-corrected chi connectivity index (χ3v) is 2.35. The van der Waals surface area contributed by atoms with Crippen LogP contribution in [0.4, 0.5) is 0 Å². The molecule has 0 saturated carbocycles. The van der Waals surface area contributed by atoms with Gasteiger partial charge in [0.25, 0.3) is 0 Å². The minimum atomic E-state index is -1.76. The molecule has 1 fully saturated rings.